The summed E-state index contributed by atoms with van der Waals surface area (Å²) in [4.78, 5) is 18.6. The van der Waals surface area contributed by atoms with Crippen LogP contribution in [-0.4, -0.2) is 30.6 Å². The van der Waals surface area contributed by atoms with E-state index in [1.807, 2.05) is 46.8 Å². The molecular formula is C23H30F3N3O2S. The largest absolute Gasteiger partial charge is 0.443 e. The Morgan fingerprint density at radius 3 is 2.44 bits per heavy atom. The topological polar surface area (TPSA) is 54.5 Å². The quantitative estimate of drug-likeness (QED) is 0.586. The number of hydrogen-bond acceptors (Lipinski definition) is 5. The predicted molar refractivity (Wildman–Crippen MR) is 121 cm³/mol. The van der Waals surface area contributed by atoms with Crippen LogP contribution in [0.2, 0.25) is 0 Å². The summed E-state index contributed by atoms with van der Waals surface area (Å²) in [6.07, 6.45) is -2.55. The van der Waals surface area contributed by atoms with Gasteiger partial charge in [-0.2, -0.15) is 13.2 Å². The molecule has 1 aliphatic heterocycles. The van der Waals surface area contributed by atoms with Crippen molar-refractivity contribution in [3.05, 3.63) is 39.3 Å². The summed E-state index contributed by atoms with van der Waals surface area (Å²) in [5.41, 5.74) is 3.70. The van der Waals surface area contributed by atoms with Gasteiger partial charge in [-0.05, 0) is 48.9 Å². The van der Waals surface area contributed by atoms with Crippen LogP contribution < -0.4 is 10.2 Å². The summed E-state index contributed by atoms with van der Waals surface area (Å²) >= 11 is 0.649. The molecule has 1 fully saturated rings. The van der Waals surface area contributed by atoms with E-state index in [9.17, 15) is 18.0 Å². The van der Waals surface area contributed by atoms with Crippen LogP contribution in [-0.2, 0) is 15.7 Å². The third kappa shape index (κ3) is 6.22. The summed E-state index contributed by atoms with van der Waals surface area (Å²) in [7, 11) is 0. The highest BCUT2D eigenvalue weighted by molar-refractivity contribution is 7.11. The summed E-state index contributed by atoms with van der Waals surface area (Å²) in [6.45, 7) is 11.7. The second-order valence-corrected chi connectivity index (χ2v) is 10.5. The van der Waals surface area contributed by atoms with Gasteiger partial charge in [-0.1, -0.05) is 20.8 Å². The third-order valence-electron chi connectivity index (χ3n) is 5.26. The number of benzene rings is 1. The van der Waals surface area contributed by atoms with Crippen molar-refractivity contribution in [2.24, 2.45) is 5.41 Å². The average Bonchev–Trinajstić information content (AvgIpc) is 3.02. The van der Waals surface area contributed by atoms with Gasteiger partial charge in [0.25, 0.3) is 0 Å². The van der Waals surface area contributed by atoms with Gasteiger partial charge in [0.1, 0.15) is 0 Å². The molecule has 1 amide bonds. The van der Waals surface area contributed by atoms with Gasteiger partial charge < -0.3 is 15.0 Å². The number of anilines is 2. The maximum atomic E-state index is 12.9. The van der Waals surface area contributed by atoms with Crippen molar-refractivity contribution < 1.29 is 22.7 Å². The Kier molecular flexibility index (Phi) is 7.19. The average molecular weight is 470 g/mol. The monoisotopic (exact) mass is 469 g/mol. The molecule has 2 aromatic rings. The Bertz CT molecular complexity index is 943. The number of carbonyl (C=O) groups is 1. The number of thiazole rings is 1. The molecular weight excluding hydrogens is 439 g/mol. The maximum Gasteiger partial charge on any atom is 0.443 e. The highest BCUT2D eigenvalue weighted by Gasteiger charge is 2.35. The van der Waals surface area contributed by atoms with Crippen LogP contribution >= 0.6 is 11.3 Å². The first-order valence-electron chi connectivity index (χ1n) is 10.6. The van der Waals surface area contributed by atoms with E-state index < -0.39 is 17.3 Å². The minimum atomic E-state index is -4.43. The Hall–Kier alpha value is -2.13. The molecule has 1 aromatic heterocycles. The van der Waals surface area contributed by atoms with Gasteiger partial charge in [-0.25, -0.2) is 4.98 Å². The normalized spacial score (nSPS) is 17.9. The Morgan fingerprint density at radius 2 is 1.88 bits per heavy atom. The molecule has 0 radical (unpaired) electrons. The molecule has 1 aliphatic rings. The molecule has 0 bridgehead atoms. The number of amides is 1. The number of rotatable bonds is 4. The van der Waals surface area contributed by atoms with Gasteiger partial charge in [-0.3, -0.25) is 4.79 Å². The van der Waals surface area contributed by atoms with Gasteiger partial charge in [0.15, 0.2) is 5.01 Å². The molecule has 1 N–H and O–H groups in total. The van der Waals surface area contributed by atoms with Crippen molar-refractivity contribution in [3.8, 4) is 0 Å². The van der Waals surface area contributed by atoms with E-state index in [1.54, 1.807) is 0 Å². The maximum absolute atomic E-state index is 12.9. The Morgan fingerprint density at radius 1 is 1.22 bits per heavy atom. The lowest BCUT2D eigenvalue weighted by atomic mass is 9.92. The lowest BCUT2D eigenvalue weighted by molar-refractivity contribution is -0.137. The molecule has 1 atom stereocenters. The number of halogens is 3. The van der Waals surface area contributed by atoms with Crippen LogP contribution in [0, 0.1) is 19.3 Å². The van der Waals surface area contributed by atoms with Crippen molar-refractivity contribution in [3.63, 3.8) is 0 Å². The first kappa shape index (κ1) is 24.5. The highest BCUT2D eigenvalue weighted by Crippen LogP contribution is 2.37. The second kappa shape index (κ2) is 9.39. The fourth-order valence-electron chi connectivity index (χ4n) is 3.81. The molecule has 1 saturated heterocycles. The van der Waals surface area contributed by atoms with Crippen LogP contribution in [0.15, 0.2) is 18.3 Å². The first-order chi connectivity index (χ1) is 14.8. The zero-order chi connectivity index (χ0) is 23.7. The molecule has 9 heteroatoms. The van der Waals surface area contributed by atoms with E-state index in [0.29, 0.717) is 48.8 Å². The van der Waals surface area contributed by atoms with Gasteiger partial charge in [0.05, 0.1) is 17.6 Å². The first-order valence-corrected chi connectivity index (χ1v) is 11.5. The van der Waals surface area contributed by atoms with E-state index in [1.165, 1.54) is 6.20 Å². The second-order valence-electron chi connectivity index (χ2n) is 9.44. The van der Waals surface area contributed by atoms with E-state index in [4.69, 9.17) is 4.74 Å². The molecule has 176 valence electrons. The lowest BCUT2D eigenvalue weighted by Gasteiger charge is -2.25. The van der Waals surface area contributed by atoms with Crippen molar-refractivity contribution >= 4 is 28.6 Å². The Balaban J connectivity index is 1.70. The number of aryl methyl sites for hydroxylation is 2. The van der Waals surface area contributed by atoms with Crippen LogP contribution in [0.4, 0.5) is 24.5 Å². The smallest absolute Gasteiger partial charge is 0.371 e. The molecule has 5 nitrogen and oxygen atoms in total. The van der Waals surface area contributed by atoms with Crippen LogP contribution in [0.5, 0.6) is 0 Å². The molecule has 3 rings (SSSR count). The third-order valence-corrected chi connectivity index (χ3v) is 6.40. The minimum Gasteiger partial charge on any atom is -0.371 e. The van der Waals surface area contributed by atoms with Gasteiger partial charge in [0.2, 0.25) is 5.91 Å². The van der Waals surface area contributed by atoms with E-state index in [0.717, 1.165) is 22.5 Å². The summed E-state index contributed by atoms with van der Waals surface area (Å²) in [5, 5.41) is 2.20. The molecule has 0 saturated carbocycles. The van der Waals surface area contributed by atoms with Crippen molar-refractivity contribution in [2.45, 2.75) is 59.7 Å². The lowest BCUT2D eigenvalue weighted by Crippen LogP contribution is -2.26. The van der Waals surface area contributed by atoms with E-state index in [-0.39, 0.29) is 11.3 Å². The van der Waals surface area contributed by atoms with Crippen molar-refractivity contribution in [1.29, 1.82) is 0 Å². The van der Waals surface area contributed by atoms with Gasteiger partial charge in [-0.15, -0.1) is 11.3 Å². The predicted octanol–water partition coefficient (Wildman–Crippen LogP) is 6.12. The van der Waals surface area contributed by atoms with Crippen molar-refractivity contribution in [1.82, 2.24) is 4.98 Å². The SMILES string of the molecule is Cc1cc(N2CCO[C@@H](c3cnc(C(F)(F)F)s3)CC2)cc(C)c1NC(=O)CC(C)(C)C. The molecule has 0 aliphatic carbocycles. The Labute approximate surface area is 191 Å². The van der Waals surface area contributed by atoms with Crippen LogP contribution in [0.1, 0.15) is 60.7 Å². The number of aromatic nitrogens is 1. The molecule has 32 heavy (non-hydrogen) atoms. The van der Waals surface area contributed by atoms with E-state index in [2.05, 4.69) is 15.2 Å². The van der Waals surface area contributed by atoms with Gasteiger partial charge >= 0.3 is 6.18 Å². The number of ether oxygens (including phenoxy) is 1. The fourth-order valence-corrected chi connectivity index (χ4v) is 4.68. The molecule has 1 aromatic carbocycles. The summed E-state index contributed by atoms with van der Waals surface area (Å²) < 4.78 is 44.5. The number of carbonyl (C=O) groups excluding carboxylic acids is 1. The zero-order valence-electron chi connectivity index (χ0n) is 19.1. The van der Waals surface area contributed by atoms with Crippen molar-refractivity contribution in [2.75, 3.05) is 29.9 Å². The van der Waals surface area contributed by atoms with Crippen LogP contribution in [0.25, 0.3) is 0 Å². The highest BCUT2D eigenvalue weighted by atomic mass is 32.1. The number of alkyl halides is 3. The molecule has 0 unspecified atom stereocenters. The fraction of sp³-hybridized carbons (Fsp3) is 0.565. The number of hydrogen-bond donors (Lipinski definition) is 1. The minimum absolute atomic E-state index is 0.00903. The zero-order valence-corrected chi connectivity index (χ0v) is 19.9. The standard InChI is InChI=1S/C23H30F3N3O2S/c1-14-10-16(11-15(2)20(14)28-19(30)12-22(3,4)5)29-7-6-17(31-9-8-29)18-13-27-21(32-18)23(24,25)26/h10-11,13,17H,6-9,12H2,1-5H3,(H,28,30)/t17-/m1/s1. The van der Waals surface area contributed by atoms with E-state index >= 15 is 0 Å². The number of nitrogens with zero attached hydrogens (tertiary/aromatic N) is 2. The summed E-state index contributed by atoms with van der Waals surface area (Å²) in [6, 6.07) is 4.07. The van der Waals surface area contributed by atoms with Gasteiger partial charge in [0, 0.05) is 37.1 Å². The number of nitrogens with one attached hydrogen (secondary N) is 1. The molecule has 2 heterocycles. The summed E-state index contributed by atoms with van der Waals surface area (Å²) in [5.74, 6) is -0.00903. The molecule has 0 spiro atoms. The van der Waals surface area contributed by atoms with Crippen LogP contribution in [0.3, 0.4) is 0 Å².